The molecule has 1 aromatic heterocycles. The number of nitrogens with one attached hydrogen (secondary N) is 1. The van der Waals surface area contributed by atoms with Gasteiger partial charge in [-0.15, -0.1) is 0 Å². The van der Waals surface area contributed by atoms with Crippen molar-refractivity contribution < 1.29 is 9.53 Å². The van der Waals surface area contributed by atoms with Crippen LogP contribution in [-0.2, 0) is 6.54 Å². The second-order valence-corrected chi connectivity index (χ2v) is 10.1. The van der Waals surface area contributed by atoms with Crippen LogP contribution < -0.4 is 4.74 Å². The Morgan fingerprint density at radius 1 is 0.917 bits per heavy atom. The molecule has 1 N–H and O–H groups in total. The van der Waals surface area contributed by atoms with Crippen molar-refractivity contribution in [1.82, 2.24) is 15.1 Å². The minimum atomic E-state index is -0.242. The molecule has 5 nitrogen and oxygen atoms in total. The van der Waals surface area contributed by atoms with Crippen LogP contribution in [-0.4, -0.2) is 27.6 Å². The predicted octanol–water partition coefficient (Wildman–Crippen LogP) is 6.86. The zero-order valence-electron chi connectivity index (χ0n) is 21.4. The molecule has 0 saturated carbocycles. The summed E-state index contributed by atoms with van der Waals surface area (Å²) in [6.45, 7) is 9.75. The first kappa shape index (κ1) is 23.9. The highest BCUT2D eigenvalue weighted by molar-refractivity contribution is 6.00. The molecule has 0 radical (unpaired) electrons. The monoisotopic (exact) mass is 479 g/mol. The zero-order chi connectivity index (χ0) is 25.2. The van der Waals surface area contributed by atoms with Crippen molar-refractivity contribution >= 4 is 5.91 Å². The topological polar surface area (TPSA) is 58.2 Å². The molecule has 1 unspecified atom stereocenters. The number of rotatable bonds is 8. The van der Waals surface area contributed by atoms with Crippen LogP contribution in [0.5, 0.6) is 5.75 Å². The smallest absolute Gasteiger partial charge is 0.273 e. The maximum atomic E-state index is 13.7. The number of nitrogens with zero attached hydrogens (tertiary/aromatic N) is 2. The van der Waals surface area contributed by atoms with Crippen LogP contribution in [0.4, 0.5) is 0 Å². The Balaban J connectivity index is 1.52. The van der Waals surface area contributed by atoms with Gasteiger partial charge in [-0.3, -0.25) is 9.89 Å². The van der Waals surface area contributed by atoms with Crippen molar-refractivity contribution in [1.29, 1.82) is 0 Å². The minimum Gasteiger partial charge on any atom is -0.494 e. The standard InChI is InChI=1S/C31H33N3O2/c1-20(2)17-18-36-26-15-13-25(14-16-26)30-27-28(24-11-7-22(4)8-12-24)32-33-29(27)31(35)34(30)19-23-9-5-21(3)6-10-23/h5-16,20,30H,17-19H2,1-4H3,(H,32,33). The third-order valence-corrected chi connectivity index (χ3v) is 6.82. The summed E-state index contributed by atoms with van der Waals surface area (Å²) in [6, 6.07) is 24.6. The van der Waals surface area contributed by atoms with E-state index in [0.717, 1.165) is 40.1 Å². The lowest BCUT2D eigenvalue weighted by atomic mass is 9.95. The molecule has 0 spiro atoms. The van der Waals surface area contributed by atoms with Crippen LogP contribution in [0.25, 0.3) is 11.3 Å². The van der Waals surface area contributed by atoms with Gasteiger partial charge in [0.25, 0.3) is 5.91 Å². The quantitative estimate of drug-likeness (QED) is 0.300. The van der Waals surface area contributed by atoms with E-state index in [1.807, 2.05) is 17.0 Å². The first-order valence-electron chi connectivity index (χ1n) is 12.7. The SMILES string of the molecule is Cc1ccc(CN2C(=O)c3[nH]nc(-c4ccc(C)cc4)c3C2c2ccc(OCCC(C)C)cc2)cc1. The Labute approximate surface area is 213 Å². The molecule has 1 aliphatic heterocycles. The maximum absolute atomic E-state index is 13.7. The summed E-state index contributed by atoms with van der Waals surface area (Å²) >= 11 is 0. The number of ether oxygens (including phenoxy) is 1. The van der Waals surface area contributed by atoms with E-state index in [1.54, 1.807) is 0 Å². The van der Waals surface area contributed by atoms with Gasteiger partial charge in [0.05, 0.1) is 18.3 Å². The Hall–Kier alpha value is -3.86. The zero-order valence-corrected chi connectivity index (χ0v) is 21.4. The minimum absolute atomic E-state index is 0.0290. The lowest BCUT2D eigenvalue weighted by Gasteiger charge is -2.27. The number of amides is 1. The summed E-state index contributed by atoms with van der Waals surface area (Å²) in [6.07, 6.45) is 1.02. The molecular weight excluding hydrogens is 446 g/mol. The van der Waals surface area contributed by atoms with Gasteiger partial charge < -0.3 is 9.64 Å². The molecular formula is C31H33N3O2. The molecule has 0 saturated heterocycles. The Bertz CT molecular complexity index is 1340. The highest BCUT2D eigenvalue weighted by Crippen LogP contribution is 2.43. The number of carbonyl (C=O) groups is 1. The van der Waals surface area contributed by atoms with Gasteiger partial charge in [0.1, 0.15) is 11.4 Å². The summed E-state index contributed by atoms with van der Waals surface area (Å²) in [5, 5.41) is 7.65. The number of aryl methyl sites for hydroxylation is 2. The summed E-state index contributed by atoms with van der Waals surface area (Å²) in [4.78, 5) is 15.6. The van der Waals surface area contributed by atoms with Gasteiger partial charge in [0, 0.05) is 17.7 Å². The molecule has 5 heteroatoms. The Morgan fingerprint density at radius 3 is 2.19 bits per heavy atom. The van der Waals surface area contributed by atoms with Crippen LogP contribution in [0.3, 0.4) is 0 Å². The maximum Gasteiger partial charge on any atom is 0.273 e. The van der Waals surface area contributed by atoms with Crippen LogP contribution in [0.2, 0.25) is 0 Å². The molecule has 5 rings (SSSR count). The van der Waals surface area contributed by atoms with Gasteiger partial charge in [-0.1, -0.05) is 85.6 Å². The Kier molecular flexibility index (Phi) is 6.64. The number of aromatic nitrogens is 2. The largest absolute Gasteiger partial charge is 0.494 e. The number of H-pyrrole nitrogens is 1. The molecule has 1 amide bonds. The lowest BCUT2D eigenvalue weighted by Crippen LogP contribution is -2.29. The molecule has 0 fully saturated rings. The molecule has 0 bridgehead atoms. The molecule has 0 aliphatic carbocycles. The summed E-state index contributed by atoms with van der Waals surface area (Å²) in [5.41, 5.74) is 7.86. The van der Waals surface area contributed by atoms with E-state index in [4.69, 9.17) is 4.74 Å². The predicted molar refractivity (Wildman–Crippen MR) is 143 cm³/mol. The van der Waals surface area contributed by atoms with Gasteiger partial charge in [-0.25, -0.2) is 0 Å². The van der Waals surface area contributed by atoms with Gasteiger partial charge in [0.15, 0.2) is 0 Å². The average Bonchev–Trinajstić information content (AvgIpc) is 3.40. The van der Waals surface area contributed by atoms with Crippen molar-refractivity contribution in [3.8, 4) is 17.0 Å². The first-order chi connectivity index (χ1) is 17.4. The summed E-state index contributed by atoms with van der Waals surface area (Å²) < 4.78 is 5.95. The Morgan fingerprint density at radius 2 is 1.56 bits per heavy atom. The molecule has 1 aliphatic rings. The molecule has 3 aromatic carbocycles. The fourth-order valence-electron chi connectivity index (χ4n) is 4.69. The van der Waals surface area contributed by atoms with E-state index in [9.17, 15) is 4.79 Å². The first-order valence-corrected chi connectivity index (χ1v) is 12.7. The number of hydrogen-bond donors (Lipinski definition) is 1. The number of hydrogen-bond acceptors (Lipinski definition) is 3. The van der Waals surface area contributed by atoms with Gasteiger partial charge >= 0.3 is 0 Å². The fraction of sp³-hybridized carbons (Fsp3) is 0.290. The van der Waals surface area contributed by atoms with Crippen molar-refractivity contribution in [3.63, 3.8) is 0 Å². The van der Waals surface area contributed by atoms with E-state index in [0.29, 0.717) is 24.8 Å². The molecule has 2 heterocycles. The van der Waals surface area contributed by atoms with Crippen molar-refractivity contribution in [2.24, 2.45) is 5.92 Å². The fourth-order valence-corrected chi connectivity index (χ4v) is 4.69. The van der Waals surface area contributed by atoms with Gasteiger partial charge in [0.2, 0.25) is 0 Å². The lowest BCUT2D eigenvalue weighted by molar-refractivity contribution is 0.0730. The number of carbonyl (C=O) groups excluding carboxylic acids is 1. The van der Waals surface area contributed by atoms with Crippen molar-refractivity contribution in [3.05, 3.63) is 106 Å². The third-order valence-electron chi connectivity index (χ3n) is 6.82. The second kappa shape index (κ2) is 10.0. The average molecular weight is 480 g/mol. The molecule has 1 atom stereocenters. The van der Waals surface area contributed by atoms with Crippen LogP contribution >= 0.6 is 0 Å². The number of benzene rings is 3. The van der Waals surface area contributed by atoms with Crippen molar-refractivity contribution in [2.45, 2.75) is 46.7 Å². The number of aromatic amines is 1. The summed E-state index contributed by atoms with van der Waals surface area (Å²) in [5.74, 6) is 1.42. The van der Waals surface area contributed by atoms with Gasteiger partial charge in [-0.05, 0) is 49.4 Å². The van der Waals surface area contributed by atoms with Gasteiger partial charge in [-0.2, -0.15) is 5.10 Å². The summed E-state index contributed by atoms with van der Waals surface area (Å²) in [7, 11) is 0. The molecule has 36 heavy (non-hydrogen) atoms. The highest BCUT2D eigenvalue weighted by Gasteiger charge is 2.42. The van der Waals surface area contributed by atoms with Crippen LogP contribution in [0.15, 0.2) is 72.8 Å². The molecule has 4 aromatic rings. The third kappa shape index (κ3) is 4.78. The number of fused-ring (bicyclic) bond motifs is 1. The van der Waals surface area contributed by atoms with E-state index in [1.165, 1.54) is 11.1 Å². The van der Waals surface area contributed by atoms with E-state index in [-0.39, 0.29) is 11.9 Å². The van der Waals surface area contributed by atoms with E-state index in [2.05, 4.69) is 98.6 Å². The van der Waals surface area contributed by atoms with Crippen molar-refractivity contribution in [2.75, 3.05) is 6.61 Å². The van der Waals surface area contributed by atoms with E-state index < -0.39 is 0 Å². The highest BCUT2D eigenvalue weighted by atomic mass is 16.5. The van der Waals surface area contributed by atoms with Crippen LogP contribution in [0.1, 0.15) is 64.6 Å². The van der Waals surface area contributed by atoms with E-state index >= 15 is 0 Å². The van der Waals surface area contributed by atoms with Crippen LogP contribution in [0, 0.1) is 19.8 Å². The normalized spacial score (nSPS) is 15.0. The molecule has 184 valence electrons. The second-order valence-electron chi connectivity index (χ2n) is 10.1.